The number of allylic oxidation sites excluding steroid dienone is 1. The van der Waals surface area contributed by atoms with Crippen LogP contribution in [-0.2, 0) is 30.7 Å². The van der Waals surface area contributed by atoms with E-state index in [0.717, 1.165) is 29.4 Å². The number of nitrogens with one attached hydrogen (secondary N) is 1. The van der Waals surface area contributed by atoms with Crippen molar-refractivity contribution < 1.29 is 4.79 Å². The highest BCUT2D eigenvalue weighted by Gasteiger charge is 2.13. The number of amides is 1. The van der Waals surface area contributed by atoms with Gasteiger partial charge in [-0.1, -0.05) is 71.9 Å². The highest BCUT2D eigenvalue weighted by molar-refractivity contribution is 7.99. The molecule has 3 rings (SSSR count). The van der Waals surface area contributed by atoms with Gasteiger partial charge in [-0.05, 0) is 29.7 Å². The Morgan fingerprint density at radius 1 is 1.07 bits per heavy atom. The topological polar surface area (TPSA) is 59.8 Å². The SMILES string of the molecule is C=CCn1c(CCc2ccccc2)nnc1SCC(=O)NCc1ccc(Cl)cc1. The number of aromatic nitrogens is 3. The van der Waals surface area contributed by atoms with Gasteiger partial charge in [-0.2, -0.15) is 0 Å². The third kappa shape index (κ3) is 6.48. The molecule has 0 fully saturated rings. The lowest BCUT2D eigenvalue weighted by atomic mass is 10.1. The standard InChI is InChI=1S/C22H23ClN4OS/c1-2-14-27-20(13-10-17-6-4-3-5-7-17)25-26-22(27)29-16-21(28)24-15-18-8-11-19(23)12-9-18/h2-9,11-12H,1,10,13-16H2,(H,24,28). The minimum Gasteiger partial charge on any atom is -0.351 e. The second kappa shape index (κ2) is 10.8. The molecule has 150 valence electrons. The summed E-state index contributed by atoms with van der Waals surface area (Å²) in [6, 6.07) is 17.7. The molecular formula is C22H23ClN4OS. The summed E-state index contributed by atoms with van der Waals surface area (Å²) in [5, 5.41) is 12.9. The van der Waals surface area contributed by atoms with Gasteiger partial charge in [-0.3, -0.25) is 4.79 Å². The average molecular weight is 427 g/mol. The van der Waals surface area contributed by atoms with Crippen LogP contribution >= 0.6 is 23.4 Å². The van der Waals surface area contributed by atoms with Crippen molar-refractivity contribution in [2.75, 3.05) is 5.75 Å². The Balaban J connectivity index is 1.54. The van der Waals surface area contributed by atoms with Crippen LogP contribution in [-0.4, -0.2) is 26.4 Å². The Hall–Kier alpha value is -2.57. The van der Waals surface area contributed by atoms with Crippen molar-refractivity contribution in [3.8, 4) is 0 Å². The Bertz CT molecular complexity index is 941. The highest BCUT2D eigenvalue weighted by Crippen LogP contribution is 2.18. The summed E-state index contributed by atoms with van der Waals surface area (Å²) in [4.78, 5) is 12.2. The lowest BCUT2D eigenvalue weighted by molar-refractivity contribution is -0.118. The van der Waals surface area contributed by atoms with Crippen LogP contribution in [0.4, 0.5) is 0 Å². The van der Waals surface area contributed by atoms with Crippen molar-refractivity contribution in [3.63, 3.8) is 0 Å². The Kier molecular flexibility index (Phi) is 7.90. The molecule has 0 bridgehead atoms. The zero-order valence-electron chi connectivity index (χ0n) is 16.1. The van der Waals surface area contributed by atoms with Gasteiger partial charge in [0.2, 0.25) is 5.91 Å². The van der Waals surface area contributed by atoms with E-state index in [9.17, 15) is 4.79 Å². The molecule has 0 unspecified atom stereocenters. The molecule has 0 aliphatic heterocycles. The Morgan fingerprint density at radius 3 is 2.55 bits per heavy atom. The maximum absolute atomic E-state index is 12.2. The third-order valence-corrected chi connectivity index (χ3v) is 5.54. The van der Waals surface area contributed by atoms with E-state index in [1.165, 1.54) is 17.3 Å². The summed E-state index contributed by atoms with van der Waals surface area (Å²) >= 11 is 7.26. The van der Waals surface area contributed by atoms with Crippen LogP contribution in [0.25, 0.3) is 0 Å². The molecular weight excluding hydrogens is 404 g/mol. The highest BCUT2D eigenvalue weighted by atomic mass is 35.5. The van der Waals surface area contributed by atoms with Gasteiger partial charge >= 0.3 is 0 Å². The lowest BCUT2D eigenvalue weighted by Crippen LogP contribution is -2.24. The summed E-state index contributed by atoms with van der Waals surface area (Å²) in [7, 11) is 0. The van der Waals surface area contributed by atoms with Crippen molar-refractivity contribution in [3.05, 3.63) is 89.2 Å². The zero-order chi connectivity index (χ0) is 20.5. The van der Waals surface area contributed by atoms with Gasteiger partial charge in [0.1, 0.15) is 5.82 Å². The van der Waals surface area contributed by atoms with Gasteiger partial charge in [0.25, 0.3) is 0 Å². The fourth-order valence-electron chi connectivity index (χ4n) is 2.81. The van der Waals surface area contributed by atoms with E-state index in [4.69, 9.17) is 11.6 Å². The number of thioether (sulfide) groups is 1. The molecule has 0 spiro atoms. The maximum Gasteiger partial charge on any atom is 0.230 e. The largest absolute Gasteiger partial charge is 0.351 e. The van der Waals surface area contributed by atoms with E-state index in [-0.39, 0.29) is 11.7 Å². The number of halogens is 1. The molecule has 0 aliphatic carbocycles. The maximum atomic E-state index is 12.2. The Morgan fingerprint density at radius 2 is 1.83 bits per heavy atom. The second-order valence-corrected chi connectivity index (χ2v) is 7.85. The molecule has 7 heteroatoms. The molecule has 1 N–H and O–H groups in total. The van der Waals surface area contributed by atoms with Crippen LogP contribution in [0.1, 0.15) is 17.0 Å². The lowest BCUT2D eigenvalue weighted by Gasteiger charge is -2.08. The van der Waals surface area contributed by atoms with E-state index < -0.39 is 0 Å². The fraction of sp³-hybridized carbons (Fsp3) is 0.227. The number of carbonyl (C=O) groups is 1. The van der Waals surface area contributed by atoms with Crippen molar-refractivity contribution in [1.29, 1.82) is 0 Å². The van der Waals surface area contributed by atoms with Crippen LogP contribution in [0.2, 0.25) is 5.02 Å². The molecule has 0 atom stereocenters. The molecule has 29 heavy (non-hydrogen) atoms. The molecule has 0 radical (unpaired) electrons. The summed E-state index contributed by atoms with van der Waals surface area (Å²) in [6.45, 7) is 4.91. The summed E-state index contributed by atoms with van der Waals surface area (Å²) in [5.41, 5.74) is 2.27. The smallest absolute Gasteiger partial charge is 0.230 e. The van der Waals surface area contributed by atoms with Crippen molar-refractivity contribution in [1.82, 2.24) is 20.1 Å². The van der Waals surface area contributed by atoms with E-state index in [1.807, 2.05) is 53.1 Å². The fourth-order valence-corrected chi connectivity index (χ4v) is 3.73. The second-order valence-electron chi connectivity index (χ2n) is 6.48. The quantitative estimate of drug-likeness (QED) is 0.387. The van der Waals surface area contributed by atoms with Crippen molar-refractivity contribution in [2.24, 2.45) is 0 Å². The average Bonchev–Trinajstić information content (AvgIpc) is 3.13. The van der Waals surface area contributed by atoms with E-state index in [2.05, 4.69) is 34.2 Å². The number of nitrogens with zero attached hydrogens (tertiary/aromatic N) is 3. The van der Waals surface area contributed by atoms with Crippen molar-refractivity contribution >= 4 is 29.3 Å². The van der Waals surface area contributed by atoms with Crippen LogP contribution in [0.15, 0.2) is 72.4 Å². The number of rotatable bonds is 10. The summed E-state index contributed by atoms with van der Waals surface area (Å²) in [5.74, 6) is 1.13. The molecule has 2 aromatic carbocycles. The molecule has 0 saturated heterocycles. The predicted molar refractivity (Wildman–Crippen MR) is 118 cm³/mol. The zero-order valence-corrected chi connectivity index (χ0v) is 17.6. The summed E-state index contributed by atoms with van der Waals surface area (Å²) < 4.78 is 2.02. The van der Waals surface area contributed by atoms with Gasteiger partial charge in [0.05, 0.1) is 5.75 Å². The minimum absolute atomic E-state index is 0.0519. The van der Waals surface area contributed by atoms with Gasteiger partial charge in [-0.25, -0.2) is 0 Å². The van der Waals surface area contributed by atoms with E-state index in [0.29, 0.717) is 18.1 Å². The van der Waals surface area contributed by atoms with Gasteiger partial charge in [0, 0.05) is 24.5 Å². The van der Waals surface area contributed by atoms with Crippen LogP contribution < -0.4 is 5.32 Å². The molecule has 1 amide bonds. The first-order valence-electron chi connectivity index (χ1n) is 9.36. The molecule has 5 nitrogen and oxygen atoms in total. The van der Waals surface area contributed by atoms with Gasteiger partial charge < -0.3 is 9.88 Å². The van der Waals surface area contributed by atoms with Gasteiger partial charge in [-0.15, -0.1) is 16.8 Å². The third-order valence-electron chi connectivity index (χ3n) is 4.32. The van der Waals surface area contributed by atoms with Crippen LogP contribution in [0, 0.1) is 0 Å². The van der Waals surface area contributed by atoms with Crippen LogP contribution in [0.3, 0.4) is 0 Å². The number of hydrogen-bond acceptors (Lipinski definition) is 4. The molecule has 1 heterocycles. The van der Waals surface area contributed by atoms with E-state index >= 15 is 0 Å². The Labute approximate surface area is 180 Å². The predicted octanol–water partition coefficient (Wildman–Crippen LogP) is 4.31. The number of carbonyl (C=O) groups excluding carboxylic acids is 1. The van der Waals surface area contributed by atoms with Crippen molar-refractivity contribution in [2.45, 2.75) is 31.1 Å². The monoisotopic (exact) mass is 426 g/mol. The number of hydrogen-bond donors (Lipinski definition) is 1. The summed E-state index contributed by atoms with van der Waals surface area (Å²) in [6.07, 6.45) is 3.50. The normalized spacial score (nSPS) is 10.7. The molecule has 1 aromatic heterocycles. The first kappa shape index (κ1) is 21.1. The minimum atomic E-state index is -0.0519. The molecule has 0 saturated carbocycles. The molecule has 3 aromatic rings. The first-order chi connectivity index (χ1) is 14.2. The number of aryl methyl sites for hydroxylation is 2. The molecule has 0 aliphatic rings. The van der Waals surface area contributed by atoms with Gasteiger partial charge in [0.15, 0.2) is 5.16 Å². The van der Waals surface area contributed by atoms with E-state index in [1.54, 1.807) is 0 Å². The van der Waals surface area contributed by atoms with Crippen LogP contribution in [0.5, 0.6) is 0 Å². The number of benzene rings is 2. The first-order valence-corrected chi connectivity index (χ1v) is 10.7.